The van der Waals surface area contributed by atoms with Gasteiger partial charge in [-0.15, -0.1) is 0 Å². The summed E-state index contributed by atoms with van der Waals surface area (Å²) >= 11 is 0. The van der Waals surface area contributed by atoms with Gasteiger partial charge in [-0.05, 0) is 25.3 Å². The van der Waals surface area contributed by atoms with E-state index in [9.17, 15) is 0 Å². The first-order chi connectivity index (χ1) is 11.1. The Kier molecular flexibility index (Phi) is 2.69. The first kappa shape index (κ1) is 13.8. The molecular weight excluding hydrogens is 278 g/mol. The topological polar surface area (TPSA) is 0 Å². The molecule has 1 fully saturated rings. The van der Waals surface area contributed by atoms with Gasteiger partial charge in [0.15, 0.2) is 0 Å². The van der Waals surface area contributed by atoms with Gasteiger partial charge in [0, 0.05) is 29.0 Å². The SMILES string of the molecule is C[C@]12c3ccccc3C[C@H](c3ccccc31)[N@@+]2(C)CC1CCC1. The van der Waals surface area contributed by atoms with Crippen LogP contribution in [-0.4, -0.2) is 18.1 Å². The van der Waals surface area contributed by atoms with Gasteiger partial charge in [-0.25, -0.2) is 0 Å². The van der Waals surface area contributed by atoms with Crippen LogP contribution in [0.3, 0.4) is 0 Å². The van der Waals surface area contributed by atoms with E-state index in [4.69, 9.17) is 0 Å². The zero-order valence-corrected chi connectivity index (χ0v) is 14.3. The summed E-state index contributed by atoms with van der Waals surface area (Å²) in [7, 11) is 2.54. The average Bonchev–Trinajstić information content (AvgIpc) is 2.65. The Labute approximate surface area is 139 Å². The fourth-order valence-electron chi connectivity index (χ4n) is 5.76. The number of likely N-dealkylation sites (N-methyl/N-ethyl adjacent to an activating group) is 1. The molecule has 0 N–H and O–H groups in total. The third kappa shape index (κ3) is 1.57. The smallest absolute Gasteiger partial charge is 0.149 e. The standard InChI is InChI=1S/C22H26N/c1-22-19-12-5-3-10-17(19)14-21(18-11-4-6-13-20(18)22)23(22,2)15-16-8-7-9-16/h3-6,10-13,16,21H,7-9,14-15H2,1-2H3/q+1/t21-,22+,23-/m1/s1. The van der Waals surface area contributed by atoms with Crippen LogP contribution in [-0.2, 0) is 12.0 Å². The number of benzene rings is 2. The molecule has 1 nitrogen and oxygen atoms in total. The van der Waals surface area contributed by atoms with Gasteiger partial charge >= 0.3 is 0 Å². The highest BCUT2D eigenvalue weighted by molar-refractivity contribution is 5.51. The third-order valence-electron chi connectivity index (χ3n) is 7.37. The van der Waals surface area contributed by atoms with E-state index in [-0.39, 0.29) is 5.54 Å². The van der Waals surface area contributed by atoms with Gasteiger partial charge in [0.05, 0.1) is 13.6 Å². The molecule has 0 unspecified atom stereocenters. The molecule has 0 aromatic heterocycles. The molecule has 0 saturated heterocycles. The second-order valence-corrected chi connectivity index (χ2v) is 8.28. The predicted octanol–water partition coefficient (Wildman–Crippen LogP) is 4.81. The third-order valence-corrected chi connectivity index (χ3v) is 7.37. The van der Waals surface area contributed by atoms with E-state index in [1.165, 1.54) is 36.7 Å². The molecule has 2 bridgehead atoms. The summed E-state index contributed by atoms with van der Waals surface area (Å²) in [4.78, 5) is 0. The summed E-state index contributed by atoms with van der Waals surface area (Å²) < 4.78 is 1.19. The molecule has 23 heavy (non-hydrogen) atoms. The van der Waals surface area contributed by atoms with Gasteiger partial charge in [-0.2, -0.15) is 0 Å². The van der Waals surface area contributed by atoms with E-state index in [1.54, 1.807) is 22.3 Å². The molecule has 2 aromatic carbocycles. The van der Waals surface area contributed by atoms with Crippen molar-refractivity contribution in [2.75, 3.05) is 13.6 Å². The molecule has 0 spiro atoms. The van der Waals surface area contributed by atoms with E-state index in [0.29, 0.717) is 6.04 Å². The van der Waals surface area contributed by atoms with Crippen LogP contribution >= 0.6 is 0 Å². The molecule has 1 aliphatic carbocycles. The number of rotatable bonds is 2. The van der Waals surface area contributed by atoms with Gasteiger partial charge in [0.25, 0.3) is 0 Å². The maximum absolute atomic E-state index is 2.54. The monoisotopic (exact) mass is 304 g/mol. The van der Waals surface area contributed by atoms with Gasteiger partial charge < -0.3 is 4.48 Å². The van der Waals surface area contributed by atoms with Crippen molar-refractivity contribution < 1.29 is 4.48 Å². The number of hydrogen-bond donors (Lipinski definition) is 0. The van der Waals surface area contributed by atoms with Gasteiger partial charge in [-0.3, -0.25) is 0 Å². The Morgan fingerprint density at radius 3 is 2.43 bits per heavy atom. The molecule has 2 aromatic rings. The van der Waals surface area contributed by atoms with Crippen molar-refractivity contribution >= 4 is 0 Å². The first-order valence-electron chi connectivity index (χ1n) is 9.18. The molecule has 1 heteroatoms. The van der Waals surface area contributed by atoms with Crippen LogP contribution in [0.15, 0.2) is 48.5 Å². The van der Waals surface area contributed by atoms with Crippen molar-refractivity contribution in [3.8, 4) is 0 Å². The molecule has 3 atom stereocenters. The quantitative estimate of drug-likeness (QED) is 0.699. The zero-order valence-electron chi connectivity index (χ0n) is 14.3. The lowest BCUT2D eigenvalue weighted by Crippen LogP contribution is -2.61. The lowest BCUT2D eigenvalue weighted by Gasteiger charge is -2.54. The van der Waals surface area contributed by atoms with Gasteiger partial charge in [-0.1, -0.05) is 55.0 Å². The van der Waals surface area contributed by atoms with Crippen molar-refractivity contribution in [1.29, 1.82) is 0 Å². The lowest BCUT2D eigenvalue weighted by molar-refractivity contribution is -0.984. The van der Waals surface area contributed by atoms with E-state index >= 15 is 0 Å². The molecule has 2 heterocycles. The first-order valence-corrected chi connectivity index (χ1v) is 9.18. The highest BCUT2D eigenvalue weighted by Crippen LogP contribution is 2.60. The van der Waals surface area contributed by atoms with Gasteiger partial charge in [0.1, 0.15) is 11.6 Å². The van der Waals surface area contributed by atoms with E-state index in [1.807, 2.05) is 0 Å². The van der Waals surface area contributed by atoms with Crippen LogP contribution in [0.25, 0.3) is 0 Å². The molecule has 3 aliphatic rings. The normalized spacial score (nSPS) is 34.6. The van der Waals surface area contributed by atoms with Crippen molar-refractivity contribution in [1.82, 2.24) is 0 Å². The van der Waals surface area contributed by atoms with Crippen LogP contribution in [0.2, 0.25) is 0 Å². The number of nitrogens with zero attached hydrogens (tertiary/aromatic N) is 1. The number of fused-ring (bicyclic) bond motifs is 7. The summed E-state index contributed by atoms with van der Waals surface area (Å²) in [5.74, 6) is 0.932. The van der Waals surface area contributed by atoms with Crippen molar-refractivity contribution in [3.05, 3.63) is 70.8 Å². The highest BCUT2D eigenvalue weighted by Gasteiger charge is 2.62. The lowest BCUT2D eigenvalue weighted by atomic mass is 9.76. The Bertz CT molecular complexity index is 762. The second-order valence-electron chi connectivity index (χ2n) is 8.28. The van der Waals surface area contributed by atoms with Crippen LogP contribution in [0.5, 0.6) is 0 Å². The van der Waals surface area contributed by atoms with Crippen LogP contribution in [0.4, 0.5) is 0 Å². The van der Waals surface area contributed by atoms with Crippen molar-refractivity contribution in [2.24, 2.45) is 5.92 Å². The Morgan fingerprint density at radius 2 is 1.70 bits per heavy atom. The Hall–Kier alpha value is -1.60. The average molecular weight is 304 g/mol. The van der Waals surface area contributed by atoms with Gasteiger partial charge in [0.2, 0.25) is 0 Å². The molecule has 1 saturated carbocycles. The summed E-state index contributed by atoms with van der Waals surface area (Å²) in [6, 6.07) is 19.1. The van der Waals surface area contributed by atoms with Crippen molar-refractivity contribution in [3.63, 3.8) is 0 Å². The van der Waals surface area contributed by atoms with E-state index in [2.05, 4.69) is 62.5 Å². The molecule has 118 valence electrons. The fourth-order valence-corrected chi connectivity index (χ4v) is 5.76. The summed E-state index contributed by atoms with van der Waals surface area (Å²) in [6.07, 6.45) is 5.52. The minimum atomic E-state index is 0.117. The Balaban J connectivity index is 1.76. The van der Waals surface area contributed by atoms with E-state index in [0.717, 1.165) is 5.92 Å². The highest BCUT2D eigenvalue weighted by atomic mass is 15.4. The fraction of sp³-hybridized carbons (Fsp3) is 0.455. The zero-order chi connectivity index (χ0) is 15.7. The van der Waals surface area contributed by atoms with Crippen LogP contribution in [0, 0.1) is 5.92 Å². The number of hydrogen-bond acceptors (Lipinski definition) is 0. The molecule has 0 amide bonds. The Morgan fingerprint density at radius 1 is 1.00 bits per heavy atom. The number of quaternary nitrogens is 1. The largest absolute Gasteiger partial charge is 0.307 e. The second kappa shape index (κ2) is 4.48. The minimum Gasteiger partial charge on any atom is -0.307 e. The molecule has 5 rings (SSSR count). The van der Waals surface area contributed by atoms with E-state index < -0.39 is 0 Å². The predicted molar refractivity (Wildman–Crippen MR) is 94.2 cm³/mol. The minimum absolute atomic E-state index is 0.117. The van der Waals surface area contributed by atoms with Crippen LogP contribution < -0.4 is 0 Å². The summed E-state index contributed by atoms with van der Waals surface area (Å²) in [6.45, 7) is 3.85. The van der Waals surface area contributed by atoms with Crippen LogP contribution in [0.1, 0.15) is 54.5 Å². The maximum Gasteiger partial charge on any atom is 0.149 e. The van der Waals surface area contributed by atoms with Crippen molar-refractivity contribution in [2.45, 2.75) is 44.2 Å². The molecule has 0 radical (unpaired) electrons. The summed E-state index contributed by atoms with van der Waals surface area (Å²) in [5, 5.41) is 0. The summed E-state index contributed by atoms with van der Waals surface area (Å²) in [5.41, 5.74) is 6.44. The molecule has 2 aliphatic heterocycles. The molecular formula is C22H26N+. The maximum atomic E-state index is 2.54.